The van der Waals surface area contributed by atoms with Crippen LogP contribution < -0.4 is 10.1 Å². The van der Waals surface area contributed by atoms with Crippen molar-refractivity contribution in [1.82, 2.24) is 10.2 Å². The summed E-state index contributed by atoms with van der Waals surface area (Å²) in [6, 6.07) is 5.51. The average Bonchev–Trinajstić information content (AvgIpc) is 2.61. The van der Waals surface area contributed by atoms with Gasteiger partial charge in [-0.3, -0.25) is 9.59 Å². The van der Waals surface area contributed by atoms with E-state index in [0.29, 0.717) is 38.3 Å². The molecule has 0 radical (unpaired) electrons. The molecule has 3 rings (SSSR count). The second kappa shape index (κ2) is 8.29. The zero-order valence-electron chi connectivity index (χ0n) is 14.1. The lowest BCUT2D eigenvalue weighted by Gasteiger charge is -2.33. The largest absolute Gasteiger partial charge is 0.488 e. The van der Waals surface area contributed by atoms with E-state index in [4.69, 9.17) is 9.47 Å². The fourth-order valence-corrected chi connectivity index (χ4v) is 3.14. The normalized spacial score (nSPS) is 24.0. The summed E-state index contributed by atoms with van der Waals surface area (Å²) in [6.45, 7) is 1.59. The van der Waals surface area contributed by atoms with E-state index in [1.165, 1.54) is 12.1 Å². The van der Waals surface area contributed by atoms with Gasteiger partial charge >= 0.3 is 0 Å². The number of piperidine rings is 1. The predicted octanol–water partition coefficient (Wildman–Crippen LogP) is 1.49. The average molecular weight is 350 g/mol. The van der Waals surface area contributed by atoms with Crippen LogP contribution in [0.4, 0.5) is 4.39 Å². The van der Waals surface area contributed by atoms with Crippen LogP contribution in [0.25, 0.3) is 0 Å². The molecule has 0 aromatic heterocycles. The van der Waals surface area contributed by atoms with Crippen LogP contribution in [0, 0.1) is 5.82 Å². The van der Waals surface area contributed by atoms with Gasteiger partial charge in [0.25, 0.3) is 0 Å². The molecule has 6 nitrogen and oxygen atoms in total. The van der Waals surface area contributed by atoms with Crippen molar-refractivity contribution in [3.8, 4) is 5.75 Å². The fourth-order valence-electron chi connectivity index (χ4n) is 3.14. The summed E-state index contributed by atoms with van der Waals surface area (Å²) in [5, 5.41) is 2.91. The number of carbonyl (C=O) groups is 2. The molecule has 0 saturated carbocycles. The van der Waals surface area contributed by atoms with Gasteiger partial charge in [-0.1, -0.05) is 0 Å². The number of amides is 2. The van der Waals surface area contributed by atoms with E-state index in [9.17, 15) is 14.0 Å². The number of likely N-dealkylation sites (tertiary alicyclic amines) is 1. The van der Waals surface area contributed by atoms with Crippen LogP contribution >= 0.6 is 0 Å². The minimum atomic E-state index is -0.324. The third-order valence-corrected chi connectivity index (χ3v) is 4.50. The smallest absolute Gasteiger partial charge is 0.240 e. The van der Waals surface area contributed by atoms with Gasteiger partial charge in [0.2, 0.25) is 11.8 Å². The lowest BCUT2D eigenvalue weighted by molar-refractivity contribution is -0.138. The summed E-state index contributed by atoms with van der Waals surface area (Å²) < 4.78 is 24.3. The zero-order chi connectivity index (χ0) is 17.6. The number of ether oxygens (including phenoxy) is 2. The van der Waals surface area contributed by atoms with Gasteiger partial charge in [-0.2, -0.15) is 0 Å². The van der Waals surface area contributed by atoms with E-state index in [1.807, 2.05) is 0 Å². The first kappa shape index (κ1) is 17.7. The summed E-state index contributed by atoms with van der Waals surface area (Å²) in [5.74, 6) is 0.0491. The molecule has 136 valence electrons. The van der Waals surface area contributed by atoms with Crippen molar-refractivity contribution in [3.63, 3.8) is 0 Å². The predicted molar refractivity (Wildman–Crippen MR) is 88.6 cm³/mol. The van der Waals surface area contributed by atoms with Gasteiger partial charge in [-0.05, 0) is 37.1 Å². The maximum absolute atomic E-state index is 13.0. The molecule has 1 aromatic carbocycles. The van der Waals surface area contributed by atoms with Crippen LogP contribution in [-0.2, 0) is 14.3 Å². The number of carbonyl (C=O) groups excluding carboxylic acids is 2. The van der Waals surface area contributed by atoms with Crippen LogP contribution in [0.2, 0.25) is 0 Å². The molecule has 2 aliphatic heterocycles. The summed E-state index contributed by atoms with van der Waals surface area (Å²) in [4.78, 5) is 25.7. The van der Waals surface area contributed by atoms with Gasteiger partial charge < -0.3 is 19.7 Å². The highest BCUT2D eigenvalue weighted by molar-refractivity contribution is 5.85. The van der Waals surface area contributed by atoms with Crippen molar-refractivity contribution in [2.75, 3.05) is 26.3 Å². The second-order valence-corrected chi connectivity index (χ2v) is 6.42. The van der Waals surface area contributed by atoms with Crippen LogP contribution in [0.1, 0.15) is 25.7 Å². The minimum absolute atomic E-state index is 0.0282. The molecule has 1 N–H and O–H groups in total. The summed E-state index contributed by atoms with van der Waals surface area (Å²) in [6.07, 6.45) is 2.71. The molecule has 0 aliphatic carbocycles. The van der Waals surface area contributed by atoms with Crippen molar-refractivity contribution in [2.24, 2.45) is 0 Å². The van der Waals surface area contributed by atoms with E-state index in [-0.39, 0.29) is 36.3 Å². The molecule has 0 bridgehead atoms. The topological polar surface area (TPSA) is 67.9 Å². The number of hydrogen-bond donors (Lipinski definition) is 1. The molecule has 7 heteroatoms. The third kappa shape index (κ3) is 4.92. The molecule has 2 amide bonds. The second-order valence-electron chi connectivity index (χ2n) is 6.42. The molecule has 0 unspecified atom stereocenters. The molecule has 2 heterocycles. The molecule has 2 fully saturated rings. The first-order chi connectivity index (χ1) is 12.1. The Hall–Kier alpha value is -2.15. The molecule has 2 aliphatic rings. The molecule has 2 saturated heterocycles. The summed E-state index contributed by atoms with van der Waals surface area (Å²) in [7, 11) is 0. The van der Waals surface area contributed by atoms with E-state index in [1.54, 1.807) is 17.0 Å². The van der Waals surface area contributed by atoms with E-state index >= 15 is 0 Å². The monoisotopic (exact) mass is 350 g/mol. The SMILES string of the molecule is O=C(CN1CCCCC1=O)N[C@@H]1COCC[C@@H]1Oc1ccc(F)cc1. The minimum Gasteiger partial charge on any atom is -0.488 e. The summed E-state index contributed by atoms with van der Waals surface area (Å²) in [5.41, 5.74) is 0. The lowest BCUT2D eigenvalue weighted by atomic mass is 10.1. The number of hydrogen-bond acceptors (Lipinski definition) is 4. The first-order valence-electron chi connectivity index (χ1n) is 8.69. The molecule has 0 spiro atoms. The summed E-state index contributed by atoms with van der Waals surface area (Å²) >= 11 is 0. The van der Waals surface area contributed by atoms with Crippen LogP contribution in [0.3, 0.4) is 0 Å². The Balaban J connectivity index is 1.55. The van der Waals surface area contributed by atoms with Crippen molar-refractivity contribution >= 4 is 11.8 Å². The number of rotatable bonds is 5. The van der Waals surface area contributed by atoms with Gasteiger partial charge in [0.15, 0.2) is 0 Å². The number of benzene rings is 1. The van der Waals surface area contributed by atoms with Crippen molar-refractivity contribution in [1.29, 1.82) is 0 Å². The van der Waals surface area contributed by atoms with E-state index in [2.05, 4.69) is 5.32 Å². The third-order valence-electron chi connectivity index (χ3n) is 4.50. The van der Waals surface area contributed by atoms with Gasteiger partial charge in [0.05, 0.1) is 25.8 Å². The van der Waals surface area contributed by atoms with E-state index in [0.717, 1.165) is 12.8 Å². The highest BCUT2D eigenvalue weighted by Crippen LogP contribution is 2.19. The van der Waals surface area contributed by atoms with Crippen molar-refractivity contribution in [3.05, 3.63) is 30.1 Å². The number of nitrogens with zero attached hydrogens (tertiary/aromatic N) is 1. The van der Waals surface area contributed by atoms with Crippen molar-refractivity contribution < 1.29 is 23.5 Å². The zero-order valence-corrected chi connectivity index (χ0v) is 14.1. The first-order valence-corrected chi connectivity index (χ1v) is 8.69. The maximum atomic E-state index is 13.0. The number of halogens is 1. The maximum Gasteiger partial charge on any atom is 0.240 e. The van der Waals surface area contributed by atoms with Gasteiger partial charge in [-0.25, -0.2) is 4.39 Å². The fraction of sp³-hybridized carbons (Fsp3) is 0.556. The highest BCUT2D eigenvalue weighted by Gasteiger charge is 2.30. The Morgan fingerprint density at radius 3 is 2.88 bits per heavy atom. The van der Waals surface area contributed by atoms with Crippen molar-refractivity contribution in [2.45, 2.75) is 37.8 Å². The molecular weight excluding hydrogens is 327 g/mol. The quantitative estimate of drug-likeness (QED) is 0.874. The van der Waals surface area contributed by atoms with Crippen LogP contribution in [-0.4, -0.2) is 55.2 Å². The molecule has 25 heavy (non-hydrogen) atoms. The Bertz CT molecular complexity index is 608. The highest BCUT2D eigenvalue weighted by atomic mass is 19.1. The van der Waals surface area contributed by atoms with Crippen LogP contribution in [0.5, 0.6) is 5.75 Å². The van der Waals surface area contributed by atoms with Crippen LogP contribution in [0.15, 0.2) is 24.3 Å². The Kier molecular flexibility index (Phi) is 5.86. The molecular formula is C18H23FN2O4. The Labute approximate surface area is 146 Å². The standard InChI is InChI=1S/C18H23FN2O4/c19-13-4-6-14(7-5-13)25-16-8-10-24-12-15(16)20-17(22)11-21-9-2-1-3-18(21)23/h4-7,15-16H,1-3,8-12H2,(H,20,22)/t15-,16+/m1/s1. The van der Waals surface area contributed by atoms with E-state index < -0.39 is 0 Å². The Morgan fingerprint density at radius 1 is 1.32 bits per heavy atom. The Morgan fingerprint density at radius 2 is 2.12 bits per heavy atom. The molecule has 2 atom stereocenters. The van der Waals surface area contributed by atoms with Gasteiger partial charge in [0, 0.05) is 19.4 Å². The molecule has 1 aromatic rings. The van der Waals surface area contributed by atoms with Gasteiger partial charge in [0.1, 0.15) is 17.7 Å². The number of nitrogens with one attached hydrogen (secondary N) is 1. The lowest BCUT2D eigenvalue weighted by Crippen LogP contribution is -2.54. The van der Waals surface area contributed by atoms with Gasteiger partial charge in [-0.15, -0.1) is 0 Å².